The van der Waals surface area contributed by atoms with Crippen molar-refractivity contribution < 1.29 is 32.8 Å². The summed E-state index contributed by atoms with van der Waals surface area (Å²) >= 11 is -3.06. The Hall–Kier alpha value is -0.630. The summed E-state index contributed by atoms with van der Waals surface area (Å²) in [5, 5.41) is 9.65. The topological polar surface area (TPSA) is 119 Å². The van der Waals surface area contributed by atoms with Crippen molar-refractivity contribution in [1.82, 2.24) is 0 Å². The number of aromatic nitrogens is 1. The van der Waals surface area contributed by atoms with Gasteiger partial charge in [-0.3, -0.25) is 4.57 Å². The van der Waals surface area contributed by atoms with Crippen LogP contribution in [0.1, 0.15) is 5.56 Å². The molecule has 0 radical (unpaired) electrons. The van der Waals surface area contributed by atoms with Gasteiger partial charge >= 0.3 is 7.60 Å². The highest BCUT2D eigenvalue weighted by atomic mass is 32.2. The predicted molar refractivity (Wildman–Crippen MR) is 59.1 cm³/mol. The molecule has 0 saturated heterocycles. The van der Waals surface area contributed by atoms with Gasteiger partial charge in [0, 0.05) is 18.1 Å². The van der Waals surface area contributed by atoms with E-state index in [9.17, 15) is 13.9 Å². The van der Waals surface area contributed by atoms with Crippen LogP contribution in [0.3, 0.4) is 0 Å². The summed E-state index contributed by atoms with van der Waals surface area (Å²) in [5.41, 5.74) is 0.336. The van der Waals surface area contributed by atoms with Crippen LogP contribution >= 0.6 is 7.60 Å². The molecule has 2 atom stereocenters. The van der Waals surface area contributed by atoms with E-state index in [4.69, 9.17) is 14.3 Å². The van der Waals surface area contributed by atoms with Crippen molar-refractivity contribution in [3.05, 3.63) is 30.1 Å². The minimum Gasteiger partial charge on any atom is -0.365 e. The molecule has 1 aromatic heterocycles. The second-order valence-corrected chi connectivity index (χ2v) is 6.89. The highest BCUT2D eigenvalue weighted by molar-refractivity contribution is 7.89. The first-order valence-electron chi connectivity index (χ1n) is 4.50. The maximum absolute atomic E-state index is 11.1. The molecule has 0 aliphatic carbocycles. The first-order chi connectivity index (χ1) is 7.67. The lowest BCUT2D eigenvalue weighted by atomic mass is 10.2. The van der Waals surface area contributed by atoms with Crippen molar-refractivity contribution in [2.45, 2.75) is 11.1 Å². The normalized spacial score (nSPS) is 17.5. The van der Waals surface area contributed by atoms with Gasteiger partial charge in [-0.2, -0.15) is 0 Å². The third kappa shape index (κ3) is 3.19. The number of hydrogen-bond acceptors (Lipinski definition) is 3. The number of hydrogen-bond donors (Lipinski definition) is 4. The lowest BCUT2D eigenvalue weighted by molar-refractivity contribution is -0.671. The van der Waals surface area contributed by atoms with Gasteiger partial charge < -0.3 is 19.4 Å². The second-order valence-electron chi connectivity index (χ2n) is 3.59. The monoisotopic (exact) mass is 282 g/mol. The van der Waals surface area contributed by atoms with Crippen LogP contribution in [-0.4, -0.2) is 28.3 Å². The molecule has 0 aliphatic rings. The Balaban J connectivity index is 3.13. The fraction of sp³-hybridized carbons (Fsp3) is 0.375. The van der Waals surface area contributed by atoms with E-state index >= 15 is 0 Å². The molecule has 0 aromatic carbocycles. The van der Waals surface area contributed by atoms with Crippen LogP contribution in [-0.2, 0) is 29.1 Å². The number of pyridine rings is 1. The average molecular weight is 282 g/mol. The van der Waals surface area contributed by atoms with E-state index in [1.54, 1.807) is 23.9 Å². The zero-order valence-electron chi connectivity index (χ0n) is 8.92. The van der Waals surface area contributed by atoms with Crippen molar-refractivity contribution in [3.63, 3.8) is 0 Å². The molecule has 0 bridgehead atoms. The van der Waals surface area contributed by atoms with E-state index in [2.05, 4.69) is 0 Å². The summed E-state index contributed by atoms with van der Waals surface area (Å²) in [7, 11) is -3.45. The molecular weight excluding hydrogens is 269 g/mol. The quantitative estimate of drug-likeness (QED) is 0.323. The molecule has 0 fully saturated rings. The molecule has 96 valence electrons. The smallest absolute Gasteiger partial charge is 0.365 e. The molecular formula is C8H13NO6PS+. The maximum atomic E-state index is 11.1. The largest absolute Gasteiger partial charge is 0.372 e. The Labute approximate surface area is 100 Å². The third-order valence-corrected chi connectivity index (χ3v) is 5.12. The van der Waals surface area contributed by atoms with Crippen molar-refractivity contribution >= 4 is 18.7 Å². The number of aryl methyl sites for hydroxylation is 1. The van der Waals surface area contributed by atoms with Gasteiger partial charge in [-0.1, -0.05) is 0 Å². The minimum absolute atomic E-state index is 0.336. The van der Waals surface area contributed by atoms with E-state index in [1.165, 1.54) is 12.3 Å². The van der Waals surface area contributed by atoms with E-state index < -0.39 is 29.8 Å². The summed E-state index contributed by atoms with van der Waals surface area (Å²) in [6.07, 6.45) is 2.55. The van der Waals surface area contributed by atoms with Gasteiger partial charge in [-0.15, -0.1) is 0 Å². The van der Waals surface area contributed by atoms with Crippen molar-refractivity contribution in [3.8, 4) is 0 Å². The number of nitrogens with zero attached hydrogens (tertiary/aromatic N) is 1. The van der Waals surface area contributed by atoms with Crippen molar-refractivity contribution in [1.29, 1.82) is 0 Å². The lowest BCUT2D eigenvalue weighted by Crippen LogP contribution is -2.37. The lowest BCUT2D eigenvalue weighted by Gasteiger charge is -2.24. The SMILES string of the molecule is C[n+]1cccc(CC(O)(S(=O)O)P(=O)(O)O)c1. The Bertz CT molecular complexity index is 489. The molecule has 1 heterocycles. The summed E-state index contributed by atoms with van der Waals surface area (Å²) < 4.78 is 29.5. The van der Waals surface area contributed by atoms with E-state index in [0.717, 1.165) is 0 Å². The molecule has 9 heteroatoms. The van der Waals surface area contributed by atoms with Gasteiger partial charge in [0.1, 0.15) is 7.05 Å². The Morgan fingerprint density at radius 2 is 2.12 bits per heavy atom. The van der Waals surface area contributed by atoms with E-state index in [-0.39, 0.29) is 0 Å². The van der Waals surface area contributed by atoms with Gasteiger partial charge in [0.2, 0.25) is 0 Å². The van der Waals surface area contributed by atoms with Crippen LogP contribution in [0.5, 0.6) is 0 Å². The Morgan fingerprint density at radius 1 is 1.53 bits per heavy atom. The van der Waals surface area contributed by atoms with Gasteiger partial charge in [0.05, 0.1) is 0 Å². The van der Waals surface area contributed by atoms with Crippen LogP contribution in [0, 0.1) is 0 Å². The van der Waals surface area contributed by atoms with Crippen molar-refractivity contribution in [2.24, 2.45) is 7.05 Å². The highest BCUT2D eigenvalue weighted by Crippen LogP contribution is 2.51. The zero-order valence-corrected chi connectivity index (χ0v) is 10.6. The summed E-state index contributed by atoms with van der Waals surface area (Å²) in [5.74, 6) is 0. The fourth-order valence-electron chi connectivity index (χ4n) is 1.29. The Morgan fingerprint density at radius 3 is 2.53 bits per heavy atom. The summed E-state index contributed by atoms with van der Waals surface area (Å²) in [6, 6.07) is 3.09. The molecule has 2 unspecified atom stereocenters. The van der Waals surface area contributed by atoms with Gasteiger partial charge in [-0.05, 0) is 6.07 Å². The van der Waals surface area contributed by atoms with Crippen molar-refractivity contribution in [2.75, 3.05) is 0 Å². The second kappa shape index (κ2) is 4.93. The molecule has 7 nitrogen and oxygen atoms in total. The van der Waals surface area contributed by atoms with Gasteiger partial charge in [0.15, 0.2) is 23.5 Å². The fourth-order valence-corrected chi connectivity index (χ4v) is 2.78. The minimum atomic E-state index is -5.13. The standard InChI is InChI=1S/C8H12NO6PS/c1-9-4-2-3-7(6-9)5-8(10,17(14)15)16(11,12)13/h2-4,6,10H,5H2,1H3,(H2-,11,12,13,14,15)/p+1. The third-order valence-electron chi connectivity index (χ3n) is 2.17. The first-order valence-corrected chi connectivity index (χ1v) is 7.22. The number of rotatable bonds is 4. The van der Waals surface area contributed by atoms with Crippen LogP contribution < -0.4 is 4.57 Å². The predicted octanol–water partition coefficient (Wildman–Crippen LogP) is -0.901. The van der Waals surface area contributed by atoms with Crippen LogP contribution in [0.15, 0.2) is 24.5 Å². The first kappa shape index (κ1) is 14.4. The molecule has 0 saturated carbocycles. The van der Waals surface area contributed by atoms with Crippen LogP contribution in [0.25, 0.3) is 0 Å². The summed E-state index contributed by atoms with van der Waals surface area (Å²) in [4.78, 5) is 17.9. The molecule has 0 aliphatic heterocycles. The molecule has 1 aromatic rings. The molecule has 0 spiro atoms. The average Bonchev–Trinajstić information content (AvgIpc) is 2.15. The van der Waals surface area contributed by atoms with E-state index in [0.29, 0.717) is 5.56 Å². The van der Waals surface area contributed by atoms with E-state index in [1.807, 2.05) is 0 Å². The Kier molecular flexibility index (Phi) is 4.19. The van der Waals surface area contributed by atoms with Gasteiger partial charge in [-0.25, -0.2) is 8.78 Å². The van der Waals surface area contributed by atoms with Crippen LogP contribution in [0.4, 0.5) is 0 Å². The number of aliphatic hydroxyl groups is 1. The summed E-state index contributed by atoms with van der Waals surface area (Å²) in [6.45, 7) is 0. The highest BCUT2D eigenvalue weighted by Gasteiger charge is 2.51. The maximum Gasteiger partial charge on any atom is 0.372 e. The molecule has 1 rings (SSSR count). The zero-order chi connectivity index (χ0) is 13.3. The van der Waals surface area contributed by atoms with Crippen LogP contribution in [0.2, 0.25) is 0 Å². The molecule has 17 heavy (non-hydrogen) atoms. The molecule has 0 amide bonds. The molecule has 4 N–H and O–H groups in total. The van der Waals surface area contributed by atoms with Gasteiger partial charge in [0.25, 0.3) is 4.67 Å².